The van der Waals surface area contributed by atoms with Crippen molar-refractivity contribution < 1.29 is 33.4 Å². The zero-order chi connectivity index (χ0) is 45.2. The van der Waals surface area contributed by atoms with E-state index in [9.17, 15) is 24.0 Å². The maximum Gasteiger partial charge on any atom is 0.407 e. The first-order valence-corrected chi connectivity index (χ1v) is 22.3. The fraction of sp³-hybridized carbons (Fsp3) is 0.420. The standard InChI is InChI=1S/C50H61N7O7/c1-50(2,3)44(53-49(62)63-4)48(61)57-28-12-18-42(57)46(59)52-39-25-21-36(22-26-39)34-55(40-15-9-6-10-16-40)33-35-19-23-38(24-20-35)51-45(58)41-17-11-27-56(41)47(60)43(37-13-7-5-8-14-37)54-29-31-64-32-30-54/h5-10,13-16,19-26,41-44H,11-12,17-18,27-34H2,1-4H3,(H,51,58)(H,52,59)(H,53,62)/t41-,42-,43+,44+/m0/s1. The van der Waals surface area contributed by atoms with Gasteiger partial charge in [-0.25, -0.2) is 4.79 Å². The number of methoxy groups -OCH3 is 1. The summed E-state index contributed by atoms with van der Waals surface area (Å²) in [5.41, 5.74) is 4.73. The lowest BCUT2D eigenvalue weighted by atomic mass is 9.85. The first-order chi connectivity index (χ1) is 30.9. The predicted octanol–water partition coefficient (Wildman–Crippen LogP) is 6.60. The molecule has 3 aliphatic heterocycles. The van der Waals surface area contributed by atoms with Gasteiger partial charge in [-0.05, 0) is 84.2 Å². The number of likely N-dealkylation sites (tertiary alicyclic amines) is 2. The highest BCUT2D eigenvalue weighted by Crippen LogP contribution is 2.31. The summed E-state index contributed by atoms with van der Waals surface area (Å²) >= 11 is 0. The number of morpholine rings is 1. The van der Waals surface area contributed by atoms with Gasteiger partial charge in [-0.2, -0.15) is 0 Å². The molecule has 5 amide bonds. The Hall–Kier alpha value is -6.25. The van der Waals surface area contributed by atoms with Crippen LogP contribution in [0.15, 0.2) is 109 Å². The van der Waals surface area contributed by atoms with E-state index in [1.807, 2.05) is 118 Å². The van der Waals surface area contributed by atoms with Gasteiger partial charge < -0.3 is 40.1 Å². The number of rotatable bonds is 14. The molecule has 0 unspecified atom stereocenters. The fourth-order valence-corrected chi connectivity index (χ4v) is 8.89. The number of hydrogen-bond donors (Lipinski definition) is 3. The lowest BCUT2D eigenvalue weighted by Gasteiger charge is -2.37. The van der Waals surface area contributed by atoms with Crippen molar-refractivity contribution in [3.05, 3.63) is 126 Å². The Labute approximate surface area is 376 Å². The SMILES string of the molecule is COC(=O)N[C@H](C(=O)N1CCC[C@H]1C(=O)Nc1ccc(CN(Cc2ccc(NC(=O)[C@@H]3CCCN3C(=O)[C@@H](c3ccccc3)N3CCOCC3)cc2)c2ccccc2)cc1)C(C)(C)C. The Morgan fingerprint density at radius 3 is 1.64 bits per heavy atom. The van der Waals surface area contributed by atoms with E-state index in [0.717, 1.165) is 28.8 Å². The topological polar surface area (TPSA) is 153 Å². The zero-order valence-corrected chi connectivity index (χ0v) is 37.3. The van der Waals surface area contributed by atoms with E-state index in [-0.39, 0.29) is 23.6 Å². The Kier molecular flexibility index (Phi) is 15.0. The van der Waals surface area contributed by atoms with Crippen molar-refractivity contribution in [2.24, 2.45) is 5.41 Å². The average molecular weight is 872 g/mol. The highest BCUT2D eigenvalue weighted by Gasteiger charge is 2.43. The molecule has 3 fully saturated rings. The second-order valence-corrected chi connectivity index (χ2v) is 17.8. The molecule has 4 aromatic carbocycles. The quantitative estimate of drug-likeness (QED) is 0.127. The molecule has 338 valence electrons. The molecule has 7 rings (SSSR count). The smallest absolute Gasteiger partial charge is 0.407 e. The summed E-state index contributed by atoms with van der Waals surface area (Å²) in [7, 11) is 1.25. The van der Waals surface area contributed by atoms with E-state index >= 15 is 0 Å². The van der Waals surface area contributed by atoms with Gasteiger partial charge >= 0.3 is 6.09 Å². The van der Waals surface area contributed by atoms with Crippen LogP contribution in [0.4, 0.5) is 21.9 Å². The summed E-state index contributed by atoms with van der Waals surface area (Å²) in [6.07, 6.45) is 1.87. The Morgan fingerprint density at radius 1 is 0.672 bits per heavy atom. The third kappa shape index (κ3) is 11.3. The number of hydrogen-bond acceptors (Lipinski definition) is 9. The molecule has 3 N–H and O–H groups in total. The van der Waals surface area contributed by atoms with Crippen LogP contribution in [-0.4, -0.2) is 109 Å². The van der Waals surface area contributed by atoms with Gasteiger partial charge in [-0.1, -0.05) is 93.6 Å². The lowest BCUT2D eigenvalue weighted by Crippen LogP contribution is -2.57. The predicted molar refractivity (Wildman–Crippen MR) is 246 cm³/mol. The molecule has 0 bridgehead atoms. The number of nitrogens with one attached hydrogen (secondary N) is 3. The van der Waals surface area contributed by atoms with Crippen molar-refractivity contribution in [2.45, 2.75) is 83.7 Å². The van der Waals surface area contributed by atoms with Gasteiger partial charge in [-0.3, -0.25) is 24.1 Å². The summed E-state index contributed by atoms with van der Waals surface area (Å²) in [6, 6.07) is 32.9. The van der Waals surface area contributed by atoms with Crippen LogP contribution >= 0.6 is 0 Å². The van der Waals surface area contributed by atoms with Gasteiger partial charge in [0.15, 0.2) is 0 Å². The number of anilines is 3. The minimum absolute atomic E-state index is 0.0487. The maximum absolute atomic E-state index is 14.2. The molecule has 0 spiro atoms. The summed E-state index contributed by atoms with van der Waals surface area (Å²) in [5.74, 6) is -0.821. The molecule has 14 nitrogen and oxygen atoms in total. The van der Waals surface area contributed by atoms with Crippen LogP contribution in [0.1, 0.15) is 69.2 Å². The van der Waals surface area contributed by atoms with Crippen LogP contribution < -0.4 is 20.9 Å². The average Bonchev–Trinajstić information content (AvgIpc) is 4.02. The molecule has 3 aliphatic rings. The molecular formula is C50H61N7O7. The van der Waals surface area contributed by atoms with Crippen molar-refractivity contribution in [1.82, 2.24) is 20.0 Å². The van der Waals surface area contributed by atoms with Crippen LogP contribution in [0.5, 0.6) is 0 Å². The van der Waals surface area contributed by atoms with E-state index in [0.29, 0.717) is 83.1 Å². The van der Waals surface area contributed by atoms with Gasteiger partial charge in [0.05, 0.1) is 20.3 Å². The van der Waals surface area contributed by atoms with Crippen molar-refractivity contribution in [2.75, 3.05) is 62.0 Å². The largest absolute Gasteiger partial charge is 0.453 e. The lowest BCUT2D eigenvalue weighted by molar-refractivity contribution is -0.143. The molecule has 0 aromatic heterocycles. The van der Waals surface area contributed by atoms with Gasteiger partial charge in [0.1, 0.15) is 24.2 Å². The number of carbonyl (C=O) groups is 5. The molecule has 3 heterocycles. The molecule has 0 radical (unpaired) electrons. The Morgan fingerprint density at radius 2 is 1.16 bits per heavy atom. The summed E-state index contributed by atoms with van der Waals surface area (Å²) in [5, 5.41) is 8.76. The molecule has 4 aromatic rings. The van der Waals surface area contributed by atoms with E-state index in [4.69, 9.17) is 9.47 Å². The van der Waals surface area contributed by atoms with E-state index < -0.39 is 35.7 Å². The number of amides is 5. The van der Waals surface area contributed by atoms with Crippen molar-refractivity contribution in [3.63, 3.8) is 0 Å². The number of alkyl carbamates (subject to hydrolysis) is 1. The van der Waals surface area contributed by atoms with Crippen LogP contribution in [0.3, 0.4) is 0 Å². The first kappa shape index (κ1) is 45.8. The first-order valence-electron chi connectivity index (χ1n) is 22.3. The second kappa shape index (κ2) is 21.0. The molecule has 4 atom stereocenters. The van der Waals surface area contributed by atoms with Crippen molar-refractivity contribution in [1.29, 1.82) is 0 Å². The number of benzene rings is 4. The summed E-state index contributed by atoms with van der Waals surface area (Å²) < 4.78 is 10.4. The van der Waals surface area contributed by atoms with Gasteiger partial charge in [0.2, 0.25) is 23.6 Å². The van der Waals surface area contributed by atoms with Crippen LogP contribution in [-0.2, 0) is 41.7 Å². The molecular weight excluding hydrogens is 811 g/mol. The van der Waals surface area contributed by atoms with Crippen LogP contribution in [0.25, 0.3) is 0 Å². The Balaban J connectivity index is 0.971. The highest BCUT2D eigenvalue weighted by atomic mass is 16.5. The third-order valence-electron chi connectivity index (χ3n) is 12.3. The Bertz CT molecular complexity index is 2210. The van der Waals surface area contributed by atoms with Gasteiger partial charge in [0.25, 0.3) is 0 Å². The van der Waals surface area contributed by atoms with Crippen LogP contribution in [0.2, 0.25) is 0 Å². The number of para-hydroxylation sites is 1. The number of carbonyl (C=O) groups excluding carboxylic acids is 5. The minimum Gasteiger partial charge on any atom is -0.453 e. The molecule has 0 saturated carbocycles. The zero-order valence-electron chi connectivity index (χ0n) is 37.3. The van der Waals surface area contributed by atoms with E-state index in [2.05, 4.69) is 37.9 Å². The monoisotopic (exact) mass is 871 g/mol. The van der Waals surface area contributed by atoms with Gasteiger partial charge in [0, 0.05) is 56.3 Å². The van der Waals surface area contributed by atoms with E-state index in [1.165, 1.54) is 7.11 Å². The highest BCUT2D eigenvalue weighted by molar-refractivity contribution is 5.99. The van der Waals surface area contributed by atoms with Crippen molar-refractivity contribution >= 4 is 46.8 Å². The number of nitrogens with zero attached hydrogens (tertiary/aromatic N) is 4. The number of ether oxygens (including phenoxy) is 2. The summed E-state index contributed by atoms with van der Waals surface area (Å²) in [4.78, 5) is 75.1. The molecule has 0 aliphatic carbocycles. The minimum atomic E-state index is -0.856. The molecule has 3 saturated heterocycles. The van der Waals surface area contributed by atoms with E-state index in [1.54, 1.807) is 9.80 Å². The third-order valence-corrected chi connectivity index (χ3v) is 12.3. The van der Waals surface area contributed by atoms with Crippen molar-refractivity contribution in [3.8, 4) is 0 Å². The fourth-order valence-electron chi connectivity index (χ4n) is 8.89. The molecule has 64 heavy (non-hydrogen) atoms. The second-order valence-electron chi connectivity index (χ2n) is 17.8. The molecule has 14 heteroatoms. The summed E-state index contributed by atoms with van der Waals surface area (Å²) in [6.45, 7) is 10.2. The van der Waals surface area contributed by atoms with Gasteiger partial charge in [-0.15, -0.1) is 0 Å². The maximum atomic E-state index is 14.2. The van der Waals surface area contributed by atoms with Crippen LogP contribution in [0, 0.1) is 5.41 Å². The normalized spacial score (nSPS) is 18.8.